The van der Waals surface area contributed by atoms with Gasteiger partial charge in [0.15, 0.2) is 17.0 Å². The van der Waals surface area contributed by atoms with Crippen molar-refractivity contribution >= 4 is 29.2 Å². The van der Waals surface area contributed by atoms with E-state index in [1.54, 1.807) is 10.9 Å². The van der Waals surface area contributed by atoms with Crippen molar-refractivity contribution in [1.82, 2.24) is 29.8 Å². The summed E-state index contributed by atoms with van der Waals surface area (Å²) in [4.78, 5) is 40.0. The van der Waals surface area contributed by atoms with Crippen LogP contribution in [0.3, 0.4) is 0 Å². The summed E-state index contributed by atoms with van der Waals surface area (Å²) in [6.45, 7) is 2.62. The number of likely N-dealkylation sites (tertiary alicyclic amines) is 1. The molecule has 0 radical (unpaired) electrons. The van der Waals surface area contributed by atoms with E-state index in [4.69, 9.17) is 0 Å². The van der Waals surface area contributed by atoms with Crippen LogP contribution in [0.25, 0.3) is 11.2 Å². The maximum Gasteiger partial charge on any atom is 0.269 e. The number of nitrogens with one attached hydrogen (secondary N) is 1. The molecule has 3 heterocycles. The van der Waals surface area contributed by atoms with E-state index < -0.39 is 0 Å². The summed E-state index contributed by atoms with van der Waals surface area (Å²) in [5.74, 6) is 0.450. The van der Waals surface area contributed by atoms with Crippen molar-refractivity contribution in [3.05, 3.63) is 47.5 Å². The molecule has 2 fully saturated rings. The number of hydrogen-bond acceptors (Lipinski definition) is 8. The van der Waals surface area contributed by atoms with E-state index >= 15 is 0 Å². The monoisotopic (exact) mass is 500 g/mol. The lowest BCUT2D eigenvalue weighted by Crippen LogP contribution is -2.50. The number of hydrogen-bond donors (Lipinski definition) is 1. The Bertz CT molecular complexity index is 1300. The molecular formula is C27H32N8O2. The zero-order chi connectivity index (χ0) is 25.8. The van der Waals surface area contributed by atoms with Crippen molar-refractivity contribution < 1.29 is 9.59 Å². The molecule has 2 aromatic heterocycles. The zero-order valence-corrected chi connectivity index (χ0v) is 21.1. The highest BCUT2D eigenvalue weighted by Gasteiger charge is 2.28. The van der Waals surface area contributed by atoms with Gasteiger partial charge in [-0.1, -0.05) is 31.4 Å². The first-order chi connectivity index (χ1) is 18.1. The number of imidazole rings is 1. The van der Waals surface area contributed by atoms with Crippen molar-refractivity contribution in [3.8, 4) is 6.07 Å². The molecule has 5 rings (SSSR count). The second-order valence-electron chi connectivity index (χ2n) is 10.1. The molecule has 10 heteroatoms. The second-order valence-corrected chi connectivity index (χ2v) is 10.1. The Morgan fingerprint density at radius 1 is 1.14 bits per heavy atom. The summed E-state index contributed by atoms with van der Waals surface area (Å²) < 4.78 is 1.75. The van der Waals surface area contributed by atoms with Crippen LogP contribution in [0.1, 0.15) is 66.7 Å². The first kappa shape index (κ1) is 24.8. The van der Waals surface area contributed by atoms with E-state index in [9.17, 15) is 14.9 Å². The molecule has 0 atom stereocenters. The van der Waals surface area contributed by atoms with Gasteiger partial charge >= 0.3 is 0 Å². The highest BCUT2D eigenvalue weighted by molar-refractivity contribution is 5.96. The van der Waals surface area contributed by atoms with Gasteiger partial charge in [-0.3, -0.25) is 20.1 Å². The van der Waals surface area contributed by atoms with Crippen LogP contribution in [0.4, 0.5) is 5.82 Å². The van der Waals surface area contributed by atoms with Crippen molar-refractivity contribution in [3.63, 3.8) is 0 Å². The summed E-state index contributed by atoms with van der Waals surface area (Å²) in [6, 6.07) is 9.76. The maximum absolute atomic E-state index is 13.4. The Kier molecular flexibility index (Phi) is 7.42. The lowest BCUT2D eigenvalue weighted by molar-refractivity contribution is -0.112. The Morgan fingerprint density at radius 3 is 2.54 bits per heavy atom. The Hall–Kier alpha value is -3.84. The predicted molar refractivity (Wildman–Crippen MR) is 138 cm³/mol. The van der Waals surface area contributed by atoms with Gasteiger partial charge in [-0.25, -0.2) is 4.98 Å². The molecule has 192 valence electrons. The van der Waals surface area contributed by atoms with E-state index in [1.165, 1.54) is 6.42 Å². The van der Waals surface area contributed by atoms with Gasteiger partial charge in [-0.05, 0) is 56.5 Å². The summed E-state index contributed by atoms with van der Waals surface area (Å²) in [7, 11) is 1.82. The molecule has 1 aromatic carbocycles. The van der Waals surface area contributed by atoms with Crippen LogP contribution in [0.5, 0.6) is 0 Å². The largest absolute Gasteiger partial charge is 0.318 e. The fourth-order valence-corrected chi connectivity index (χ4v) is 5.31. The standard InChI is InChI=1S/C27H32N8O2/c1-33-18-29-24-25(33)30-23(15-28)31-26(24)35(22-5-3-2-4-6-22)32-27(37)21-9-7-19(8-10-21)16-34-13-11-20(17-36)12-14-34/h7-10,17-18,20,22H,2-6,11-14,16H2,1H3,(H,32,37). The number of nitrogens with zero attached hydrogens (tertiary/aromatic N) is 7. The quantitative estimate of drug-likeness (QED) is 0.388. The highest BCUT2D eigenvalue weighted by atomic mass is 16.2. The fourth-order valence-electron chi connectivity index (χ4n) is 5.31. The van der Waals surface area contributed by atoms with E-state index in [1.807, 2.05) is 42.4 Å². The topological polar surface area (TPSA) is 120 Å². The van der Waals surface area contributed by atoms with Crippen LogP contribution in [0.2, 0.25) is 0 Å². The smallest absolute Gasteiger partial charge is 0.269 e. The average molecular weight is 501 g/mol. The third-order valence-corrected chi connectivity index (χ3v) is 7.48. The average Bonchev–Trinajstić information content (AvgIpc) is 3.33. The van der Waals surface area contributed by atoms with E-state index in [0.29, 0.717) is 22.5 Å². The van der Waals surface area contributed by atoms with Crippen molar-refractivity contribution in [2.75, 3.05) is 18.1 Å². The lowest BCUT2D eigenvalue weighted by Gasteiger charge is -2.35. The second kappa shape index (κ2) is 11.0. The number of carbonyl (C=O) groups excluding carboxylic acids is 2. The summed E-state index contributed by atoms with van der Waals surface area (Å²) in [5, 5.41) is 11.4. The zero-order valence-electron chi connectivity index (χ0n) is 21.1. The highest BCUT2D eigenvalue weighted by Crippen LogP contribution is 2.29. The Labute approximate surface area is 216 Å². The molecule has 1 aliphatic carbocycles. The van der Waals surface area contributed by atoms with E-state index in [0.717, 1.165) is 70.0 Å². The van der Waals surface area contributed by atoms with Gasteiger partial charge < -0.3 is 9.36 Å². The molecule has 1 saturated heterocycles. The number of hydrazine groups is 1. The van der Waals surface area contributed by atoms with Crippen LogP contribution in [-0.4, -0.2) is 55.7 Å². The maximum atomic E-state index is 13.4. The number of amides is 1. The van der Waals surface area contributed by atoms with E-state index in [-0.39, 0.29) is 23.7 Å². The third kappa shape index (κ3) is 5.47. The molecule has 3 aromatic rings. The van der Waals surface area contributed by atoms with Gasteiger partial charge in [-0.15, -0.1) is 0 Å². The van der Waals surface area contributed by atoms with Crippen LogP contribution in [0.15, 0.2) is 30.6 Å². The molecular weight excluding hydrogens is 468 g/mol. The number of fused-ring (bicyclic) bond motifs is 1. The molecule has 0 spiro atoms. The molecule has 1 saturated carbocycles. The summed E-state index contributed by atoms with van der Waals surface area (Å²) in [6.07, 6.45) is 9.66. The minimum absolute atomic E-state index is 0.0442. The number of aryl methyl sites for hydroxylation is 1. The van der Waals surface area contributed by atoms with Crippen LogP contribution >= 0.6 is 0 Å². The minimum atomic E-state index is -0.231. The Balaban J connectivity index is 1.36. The SMILES string of the molecule is Cn1cnc2c(N(NC(=O)c3ccc(CN4CCC(C=O)CC4)cc3)C3CCCCC3)nc(C#N)nc21. The van der Waals surface area contributed by atoms with Gasteiger partial charge in [0.25, 0.3) is 5.91 Å². The first-order valence-corrected chi connectivity index (χ1v) is 13.0. The number of nitriles is 1. The van der Waals surface area contributed by atoms with Crippen molar-refractivity contribution in [2.24, 2.45) is 13.0 Å². The van der Waals surface area contributed by atoms with Gasteiger partial charge in [0.05, 0.1) is 12.4 Å². The van der Waals surface area contributed by atoms with Crippen molar-refractivity contribution in [2.45, 2.75) is 57.5 Å². The molecule has 1 amide bonds. The number of rotatable bonds is 7. The van der Waals surface area contributed by atoms with Crippen LogP contribution in [-0.2, 0) is 18.4 Å². The number of carbonyl (C=O) groups is 2. The third-order valence-electron chi connectivity index (χ3n) is 7.48. The van der Waals surface area contributed by atoms with Crippen LogP contribution < -0.4 is 10.4 Å². The summed E-state index contributed by atoms with van der Waals surface area (Å²) in [5.41, 5.74) is 5.88. The van der Waals surface area contributed by atoms with E-state index in [2.05, 4.69) is 25.3 Å². The normalized spacial score (nSPS) is 17.4. The lowest BCUT2D eigenvalue weighted by atomic mass is 9.95. The van der Waals surface area contributed by atoms with Gasteiger partial charge in [0.2, 0.25) is 5.82 Å². The first-order valence-electron chi connectivity index (χ1n) is 13.0. The number of aromatic nitrogens is 4. The number of aldehydes is 1. The number of benzene rings is 1. The molecule has 0 bridgehead atoms. The molecule has 1 N–H and O–H groups in total. The molecule has 1 aliphatic heterocycles. The fraction of sp³-hybridized carbons (Fsp3) is 0.481. The molecule has 10 nitrogen and oxygen atoms in total. The number of anilines is 1. The molecule has 0 unspecified atom stereocenters. The molecule has 37 heavy (non-hydrogen) atoms. The Morgan fingerprint density at radius 2 is 1.86 bits per heavy atom. The van der Waals surface area contributed by atoms with Crippen molar-refractivity contribution in [1.29, 1.82) is 5.26 Å². The molecule has 2 aliphatic rings. The minimum Gasteiger partial charge on any atom is -0.318 e. The summed E-state index contributed by atoms with van der Waals surface area (Å²) >= 11 is 0. The number of piperidine rings is 1. The van der Waals surface area contributed by atoms with Gasteiger partial charge in [0, 0.05) is 25.1 Å². The van der Waals surface area contributed by atoms with Gasteiger partial charge in [-0.2, -0.15) is 15.2 Å². The van der Waals surface area contributed by atoms with Crippen LogP contribution in [0, 0.1) is 17.2 Å². The van der Waals surface area contributed by atoms with Gasteiger partial charge in [0.1, 0.15) is 12.4 Å². The predicted octanol–water partition coefficient (Wildman–Crippen LogP) is 3.13.